The van der Waals surface area contributed by atoms with Crippen molar-refractivity contribution in [2.24, 2.45) is 11.5 Å². The Bertz CT molecular complexity index is 1150. The van der Waals surface area contributed by atoms with Crippen molar-refractivity contribution < 1.29 is 22.8 Å². The van der Waals surface area contributed by atoms with Gasteiger partial charge in [-0.25, -0.2) is 15.0 Å². The fourth-order valence-electron chi connectivity index (χ4n) is 2.92. The Kier molecular flexibility index (Phi) is 4.45. The molecule has 1 fully saturated rings. The van der Waals surface area contributed by atoms with E-state index in [4.69, 9.17) is 11.5 Å². The first-order chi connectivity index (χ1) is 14.1. The lowest BCUT2D eigenvalue weighted by molar-refractivity contribution is -0.141. The van der Waals surface area contributed by atoms with Crippen molar-refractivity contribution in [1.82, 2.24) is 19.9 Å². The van der Waals surface area contributed by atoms with Crippen LogP contribution in [0.1, 0.15) is 36.1 Å². The molecule has 2 amide bonds. The third-order valence-electron chi connectivity index (χ3n) is 4.78. The summed E-state index contributed by atoms with van der Waals surface area (Å²) in [6.07, 6.45) is -2.60. The lowest BCUT2D eigenvalue weighted by Crippen LogP contribution is -2.37. The number of carbonyl (C=O) groups is 2. The number of aromatic amines is 1. The molecule has 2 heterocycles. The lowest BCUT2D eigenvalue weighted by atomic mass is 10.1. The highest BCUT2D eigenvalue weighted by Gasteiger charge is 2.46. The Morgan fingerprint density at radius 3 is 2.57 bits per heavy atom. The number of nitrogens with zero attached hydrogens (tertiary/aromatic N) is 3. The summed E-state index contributed by atoms with van der Waals surface area (Å²) in [5, 5.41) is 2.70. The summed E-state index contributed by atoms with van der Waals surface area (Å²) in [7, 11) is 0. The topological polar surface area (TPSA) is 153 Å². The fourth-order valence-corrected chi connectivity index (χ4v) is 2.92. The van der Waals surface area contributed by atoms with Gasteiger partial charge >= 0.3 is 6.18 Å². The van der Waals surface area contributed by atoms with Crippen LogP contribution in [0.4, 0.5) is 18.9 Å². The molecule has 4 rings (SSSR count). The van der Waals surface area contributed by atoms with Crippen molar-refractivity contribution in [3.05, 3.63) is 47.8 Å². The number of primary amides is 1. The van der Waals surface area contributed by atoms with Gasteiger partial charge in [0.15, 0.2) is 5.92 Å². The second-order valence-corrected chi connectivity index (χ2v) is 7.10. The summed E-state index contributed by atoms with van der Waals surface area (Å²) < 4.78 is 38.9. The number of alkyl halides is 3. The standard InChI is InChI=1S/C18H16F3N7O2/c19-18(20,21)11-3-6-24-14(28-11)12(13(22)29)15-26-9-2-1-8(7-10(9)27-15)25-16(30)17(23)4-5-17/h1-3,6-7,12H,4-5,23H2,(H2,22,29)(H,25,30)(H,26,27). The van der Waals surface area contributed by atoms with Crippen LogP contribution in [0.5, 0.6) is 0 Å². The number of amides is 2. The third kappa shape index (κ3) is 3.68. The zero-order valence-electron chi connectivity index (χ0n) is 15.3. The van der Waals surface area contributed by atoms with E-state index in [1.165, 1.54) is 0 Å². The highest BCUT2D eigenvalue weighted by atomic mass is 19.4. The monoisotopic (exact) mass is 419 g/mol. The molecule has 0 bridgehead atoms. The maximum atomic E-state index is 13.0. The second-order valence-electron chi connectivity index (χ2n) is 7.10. The van der Waals surface area contributed by atoms with Crippen LogP contribution in [-0.2, 0) is 15.8 Å². The molecule has 12 heteroatoms. The van der Waals surface area contributed by atoms with Crippen LogP contribution in [0, 0.1) is 0 Å². The predicted molar refractivity (Wildman–Crippen MR) is 98.9 cm³/mol. The smallest absolute Gasteiger partial charge is 0.369 e. The summed E-state index contributed by atoms with van der Waals surface area (Å²) in [4.78, 5) is 38.4. The number of carbonyl (C=O) groups excluding carboxylic acids is 2. The molecule has 1 aliphatic carbocycles. The second kappa shape index (κ2) is 6.76. The molecule has 0 radical (unpaired) electrons. The van der Waals surface area contributed by atoms with E-state index in [0.717, 1.165) is 6.20 Å². The summed E-state index contributed by atoms with van der Waals surface area (Å²) in [5.74, 6) is -3.15. The Morgan fingerprint density at radius 2 is 1.93 bits per heavy atom. The fraction of sp³-hybridized carbons (Fsp3) is 0.278. The zero-order valence-corrected chi connectivity index (χ0v) is 15.3. The molecule has 1 unspecified atom stereocenters. The first-order valence-electron chi connectivity index (χ1n) is 8.86. The number of nitrogens with two attached hydrogens (primary N) is 2. The Labute approximate surface area is 167 Å². The van der Waals surface area contributed by atoms with Crippen LogP contribution in [0.15, 0.2) is 30.5 Å². The highest BCUT2D eigenvalue weighted by molar-refractivity contribution is 6.01. The van der Waals surface area contributed by atoms with E-state index >= 15 is 0 Å². The van der Waals surface area contributed by atoms with Gasteiger partial charge in [0.2, 0.25) is 11.8 Å². The van der Waals surface area contributed by atoms with Gasteiger partial charge < -0.3 is 21.8 Å². The minimum absolute atomic E-state index is 0.0159. The van der Waals surface area contributed by atoms with Gasteiger partial charge in [-0.2, -0.15) is 13.2 Å². The molecule has 6 N–H and O–H groups in total. The number of imidazole rings is 1. The van der Waals surface area contributed by atoms with Gasteiger partial charge in [-0.15, -0.1) is 0 Å². The van der Waals surface area contributed by atoms with E-state index in [1.54, 1.807) is 18.2 Å². The average molecular weight is 419 g/mol. The van der Waals surface area contributed by atoms with Gasteiger partial charge in [0.1, 0.15) is 17.3 Å². The van der Waals surface area contributed by atoms with Gasteiger partial charge in [0, 0.05) is 11.9 Å². The van der Waals surface area contributed by atoms with E-state index in [2.05, 4.69) is 25.3 Å². The predicted octanol–water partition coefficient (Wildman–Crippen LogP) is 1.42. The molecule has 9 nitrogen and oxygen atoms in total. The summed E-state index contributed by atoms with van der Waals surface area (Å²) in [6.45, 7) is 0. The lowest BCUT2D eigenvalue weighted by Gasteiger charge is -2.11. The number of hydrogen-bond acceptors (Lipinski definition) is 6. The van der Waals surface area contributed by atoms with Crippen molar-refractivity contribution in [3.8, 4) is 0 Å². The molecule has 1 aliphatic rings. The van der Waals surface area contributed by atoms with E-state index < -0.39 is 35.1 Å². The maximum absolute atomic E-state index is 13.0. The van der Waals surface area contributed by atoms with E-state index in [1.807, 2.05) is 0 Å². The van der Waals surface area contributed by atoms with E-state index in [9.17, 15) is 22.8 Å². The van der Waals surface area contributed by atoms with Crippen LogP contribution in [0.3, 0.4) is 0 Å². The van der Waals surface area contributed by atoms with Crippen molar-refractivity contribution in [1.29, 1.82) is 0 Å². The van der Waals surface area contributed by atoms with Crippen molar-refractivity contribution in [2.45, 2.75) is 30.5 Å². The van der Waals surface area contributed by atoms with Crippen LogP contribution >= 0.6 is 0 Å². The summed E-state index contributed by atoms with van der Waals surface area (Å²) >= 11 is 0. The molecule has 0 saturated heterocycles. The number of fused-ring (bicyclic) bond motifs is 1. The molecule has 0 aliphatic heterocycles. The molecular formula is C18H16F3N7O2. The first kappa shape index (κ1) is 19.8. The Balaban J connectivity index is 1.68. The van der Waals surface area contributed by atoms with Gasteiger partial charge in [0.25, 0.3) is 0 Å². The molecule has 3 aromatic rings. The molecule has 1 saturated carbocycles. The quantitative estimate of drug-likeness (QED) is 0.491. The van der Waals surface area contributed by atoms with Crippen LogP contribution in [0.2, 0.25) is 0 Å². The van der Waals surface area contributed by atoms with Crippen molar-refractivity contribution in [2.75, 3.05) is 5.32 Å². The average Bonchev–Trinajstić information content (AvgIpc) is 3.29. The van der Waals surface area contributed by atoms with Gasteiger partial charge in [-0.3, -0.25) is 9.59 Å². The molecular weight excluding hydrogens is 403 g/mol. The van der Waals surface area contributed by atoms with Crippen molar-refractivity contribution in [3.63, 3.8) is 0 Å². The zero-order chi connectivity index (χ0) is 21.7. The molecule has 1 atom stereocenters. The third-order valence-corrected chi connectivity index (χ3v) is 4.78. The SMILES string of the molecule is NC(=O)C(c1nccc(C(F)(F)F)n1)c1nc2ccc(NC(=O)C3(N)CC3)cc2[nH]1. The molecule has 156 valence electrons. The summed E-state index contributed by atoms with van der Waals surface area (Å²) in [5.41, 5.74) is 10.5. The molecule has 30 heavy (non-hydrogen) atoms. The van der Waals surface area contributed by atoms with E-state index in [-0.39, 0.29) is 11.7 Å². The van der Waals surface area contributed by atoms with Crippen LogP contribution in [0.25, 0.3) is 11.0 Å². The van der Waals surface area contributed by atoms with Gasteiger partial charge in [-0.1, -0.05) is 0 Å². The van der Waals surface area contributed by atoms with Gasteiger partial charge in [0.05, 0.1) is 16.6 Å². The van der Waals surface area contributed by atoms with Crippen molar-refractivity contribution >= 4 is 28.5 Å². The van der Waals surface area contributed by atoms with E-state index in [0.29, 0.717) is 35.6 Å². The normalized spacial score (nSPS) is 16.3. The number of halogens is 3. The Hall–Kier alpha value is -3.54. The minimum Gasteiger partial charge on any atom is -0.369 e. The molecule has 0 spiro atoms. The highest BCUT2D eigenvalue weighted by Crippen LogP contribution is 2.34. The number of benzene rings is 1. The molecule has 1 aromatic carbocycles. The van der Waals surface area contributed by atoms with Gasteiger partial charge in [-0.05, 0) is 37.1 Å². The first-order valence-corrected chi connectivity index (χ1v) is 8.86. The number of hydrogen-bond donors (Lipinski definition) is 4. The number of aromatic nitrogens is 4. The van der Waals surface area contributed by atoms with Crippen LogP contribution in [-0.4, -0.2) is 37.3 Å². The van der Waals surface area contributed by atoms with Crippen LogP contribution < -0.4 is 16.8 Å². The minimum atomic E-state index is -4.71. The number of nitrogens with one attached hydrogen (secondary N) is 2. The largest absolute Gasteiger partial charge is 0.433 e. The molecule has 2 aromatic heterocycles. The Morgan fingerprint density at radius 1 is 1.20 bits per heavy atom. The number of anilines is 1. The summed E-state index contributed by atoms with van der Waals surface area (Å²) in [6, 6.07) is 5.43. The number of H-pyrrole nitrogens is 1. The maximum Gasteiger partial charge on any atom is 0.433 e. The number of rotatable bonds is 5.